The molecule has 0 spiro atoms. The van der Waals surface area contributed by atoms with Crippen molar-refractivity contribution in [2.24, 2.45) is 5.92 Å². The molecule has 1 saturated carbocycles. The Balaban J connectivity index is 1.67. The van der Waals surface area contributed by atoms with Gasteiger partial charge < -0.3 is 15.4 Å². The smallest absolute Gasteiger partial charge is 0.121 e. The zero-order valence-electron chi connectivity index (χ0n) is 12.8. The summed E-state index contributed by atoms with van der Waals surface area (Å²) in [6.45, 7) is 4.26. The van der Waals surface area contributed by atoms with Crippen LogP contribution in [0.25, 0.3) is 0 Å². The van der Waals surface area contributed by atoms with Gasteiger partial charge in [-0.15, -0.1) is 0 Å². The third kappa shape index (κ3) is 4.41. The first kappa shape index (κ1) is 15.2. The number of rotatable bonds is 6. The molecule has 3 heteroatoms. The Bertz CT molecular complexity index is 408. The number of hydrogen-bond donors (Lipinski definition) is 1. The number of anilines is 1. The van der Waals surface area contributed by atoms with Crippen molar-refractivity contribution < 1.29 is 4.74 Å². The summed E-state index contributed by atoms with van der Waals surface area (Å²) in [7, 11) is 2.26. The molecule has 2 atom stereocenters. The van der Waals surface area contributed by atoms with Crippen molar-refractivity contribution in [3.63, 3.8) is 0 Å². The fourth-order valence-electron chi connectivity index (χ4n) is 3.23. The molecule has 1 aliphatic rings. The Kier molecular flexibility index (Phi) is 5.72. The molecule has 2 rings (SSSR count). The monoisotopic (exact) mass is 276 g/mol. The maximum atomic E-state index is 5.74. The van der Waals surface area contributed by atoms with E-state index in [-0.39, 0.29) is 0 Å². The highest BCUT2D eigenvalue weighted by Gasteiger charge is 2.24. The first-order valence-corrected chi connectivity index (χ1v) is 7.85. The average Bonchev–Trinajstić information content (AvgIpc) is 2.44. The predicted octanol–water partition coefficient (Wildman–Crippen LogP) is 3.55. The number of nitrogen functional groups attached to an aromatic ring is 1. The molecule has 112 valence electrons. The van der Waals surface area contributed by atoms with Crippen LogP contribution < -0.4 is 10.5 Å². The lowest BCUT2D eigenvalue weighted by Gasteiger charge is -2.36. The Morgan fingerprint density at radius 3 is 2.85 bits per heavy atom. The molecule has 2 unspecified atom stereocenters. The standard InChI is InChI=1S/C17H28N2O/c1-14-7-3-4-10-17(14)19(2)11-6-12-20-16-9-5-8-15(18)13-16/h5,8-9,13-14,17H,3-4,6-7,10-12,18H2,1-2H3. The summed E-state index contributed by atoms with van der Waals surface area (Å²) in [6.07, 6.45) is 6.60. The molecule has 0 saturated heterocycles. The van der Waals surface area contributed by atoms with Crippen LogP contribution >= 0.6 is 0 Å². The molecule has 1 aromatic rings. The first-order valence-electron chi connectivity index (χ1n) is 7.85. The van der Waals surface area contributed by atoms with E-state index in [2.05, 4.69) is 18.9 Å². The molecular weight excluding hydrogens is 248 g/mol. The van der Waals surface area contributed by atoms with E-state index in [1.54, 1.807) is 0 Å². The van der Waals surface area contributed by atoms with E-state index in [1.807, 2.05) is 24.3 Å². The molecule has 3 nitrogen and oxygen atoms in total. The Hall–Kier alpha value is -1.22. The van der Waals surface area contributed by atoms with Crippen molar-refractivity contribution in [3.05, 3.63) is 24.3 Å². The molecule has 0 bridgehead atoms. The minimum atomic E-state index is 0.759. The van der Waals surface area contributed by atoms with Crippen molar-refractivity contribution in [3.8, 4) is 5.75 Å². The Labute approximate surface area is 123 Å². The normalized spacial score (nSPS) is 22.9. The summed E-state index contributed by atoms with van der Waals surface area (Å²) in [6, 6.07) is 8.41. The highest BCUT2D eigenvalue weighted by atomic mass is 16.5. The maximum Gasteiger partial charge on any atom is 0.121 e. The van der Waals surface area contributed by atoms with Gasteiger partial charge in [0.2, 0.25) is 0 Å². The predicted molar refractivity (Wildman–Crippen MR) is 85.0 cm³/mol. The second kappa shape index (κ2) is 7.53. The van der Waals surface area contributed by atoms with Crippen LogP contribution in [0.2, 0.25) is 0 Å². The molecule has 20 heavy (non-hydrogen) atoms. The molecule has 0 heterocycles. The van der Waals surface area contributed by atoms with E-state index >= 15 is 0 Å². The second-order valence-corrected chi connectivity index (χ2v) is 6.08. The molecule has 0 aromatic heterocycles. The van der Waals surface area contributed by atoms with Gasteiger partial charge in [0.15, 0.2) is 0 Å². The number of hydrogen-bond acceptors (Lipinski definition) is 3. The largest absolute Gasteiger partial charge is 0.493 e. The van der Waals surface area contributed by atoms with Crippen molar-refractivity contribution in [2.45, 2.75) is 45.1 Å². The summed E-state index contributed by atoms with van der Waals surface area (Å²) in [4.78, 5) is 2.52. The number of nitrogens with zero attached hydrogens (tertiary/aromatic N) is 1. The highest BCUT2D eigenvalue weighted by molar-refractivity contribution is 5.43. The highest BCUT2D eigenvalue weighted by Crippen LogP contribution is 2.27. The van der Waals surface area contributed by atoms with E-state index in [4.69, 9.17) is 10.5 Å². The van der Waals surface area contributed by atoms with Gasteiger partial charge in [-0.25, -0.2) is 0 Å². The summed E-state index contributed by atoms with van der Waals surface area (Å²) < 4.78 is 5.74. The van der Waals surface area contributed by atoms with E-state index in [9.17, 15) is 0 Å². The third-order valence-electron chi connectivity index (χ3n) is 4.41. The van der Waals surface area contributed by atoms with Crippen molar-refractivity contribution in [2.75, 3.05) is 25.9 Å². The SMILES string of the molecule is CC1CCCCC1N(C)CCCOc1cccc(N)c1. The maximum absolute atomic E-state index is 5.74. The fourth-order valence-corrected chi connectivity index (χ4v) is 3.23. The second-order valence-electron chi connectivity index (χ2n) is 6.08. The van der Waals surface area contributed by atoms with Crippen molar-refractivity contribution in [1.29, 1.82) is 0 Å². The van der Waals surface area contributed by atoms with E-state index in [1.165, 1.54) is 25.7 Å². The van der Waals surface area contributed by atoms with Gasteiger partial charge in [-0.2, -0.15) is 0 Å². The third-order valence-corrected chi connectivity index (χ3v) is 4.41. The molecular formula is C17H28N2O. The van der Waals surface area contributed by atoms with Gasteiger partial charge in [0.05, 0.1) is 6.61 Å². The van der Waals surface area contributed by atoms with Crippen molar-refractivity contribution in [1.82, 2.24) is 4.90 Å². The van der Waals surface area contributed by atoms with Gasteiger partial charge in [0.25, 0.3) is 0 Å². The fraction of sp³-hybridized carbons (Fsp3) is 0.647. The molecule has 0 amide bonds. The lowest BCUT2D eigenvalue weighted by Crippen LogP contribution is -2.39. The number of nitrogens with two attached hydrogens (primary N) is 1. The summed E-state index contributed by atoms with van der Waals surface area (Å²) in [5, 5.41) is 0. The van der Waals surface area contributed by atoms with Gasteiger partial charge in [-0.3, -0.25) is 0 Å². The van der Waals surface area contributed by atoms with Crippen LogP contribution in [0.4, 0.5) is 5.69 Å². The zero-order valence-corrected chi connectivity index (χ0v) is 12.8. The van der Waals surface area contributed by atoms with Crippen LogP contribution in [0.1, 0.15) is 39.0 Å². The summed E-state index contributed by atoms with van der Waals surface area (Å²) >= 11 is 0. The van der Waals surface area contributed by atoms with Crippen LogP contribution in [-0.4, -0.2) is 31.1 Å². The van der Waals surface area contributed by atoms with Crippen molar-refractivity contribution >= 4 is 5.69 Å². The zero-order chi connectivity index (χ0) is 14.4. The molecule has 1 aliphatic carbocycles. The van der Waals surface area contributed by atoms with Crippen LogP contribution in [-0.2, 0) is 0 Å². The first-order chi connectivity index (χ1) is 9.66. The number of ether oxygens (including phenoxy) is 1. The van der Waals surface area contributed by atoms with Crippen LogP contribution in [0.5, 0.6) is 5.75 Å². The molecule has 0 aliphatic heterocycles. The molecule has 0 radical (unpaired) electrons. The van der Waals surface area contributed by atoms with Crippen LogP contribution in [0.3, 0.4) is 0 Å². The molecule has 2 N–H and O–H groups in total. The van der Waals surface area contributed by atoms with E-state index in [0.29, 0.717) is 0 Å². The van der Waals surface area contributed by atoms with E-state index in [0.717, 1.165) is 43.0 Å². The van der Waals surface area contributed by atoms with Crippen LogP contribution in [0.15, 0.2) is 24.3 Å². The summed E-state index contributed by atoms with van der Waals surface area (Å²) in [5.41, 5.74) is 6.50. The minimum Gasteiger partial charge on any atom is -0.493 e. The summed E-state index contributed by atoms with van der Waals surface area (Å²) in [5.74, 6) is 1.71. The quantitative estimate of drug-likeness (QED) is 0.638. The van der Waals surface area contributed by atoms with Crippen LogP contribution in [0, 0.1) is 5.92 Å². The average molecular weight is 276 g/mol. The lowest BCUT2D eigenvalue weighted by molar-refractivity contribution is 0.131. The Morgan fingerprint density at radius 1 is 1.30 bits per heavy atom. The van der Waals surface area contributed by atoms with E-state index < -0.39 is 0 Å². The Morgan fingerprint density at radius 2 is 2.10 bits per heavy atom. The molecule has 1 fully saturated rings. The van der Waals surface area contributed by atoms with Gasteiger partial charge in [0.1, 0.15) is 5.75 Å². The number of benzene rings is 1. The minimum absolute atomic E-state index is 0.759. The topological polar surface area (TPSA) is 38.5 Å². The van der Waals surface area contributed by atoms with Gasteiger partial charge in [0, 0.05) is 24.3 Å². The lowest BCUT2D eigenvalue weighted by atomic mass is 9.85. The van der Waals surface area contributed by atoms with Gasteiger partial charge in [-0.05, 0) is 44.4 Å². The van der Waals surface area contributed by atoms with Gasteiger partial charge >= 0.3 is 0 Å². The molecule has 1 aromatic carbocycles. The van der Waals surface area contributed by atoms with Gasteiger partial charge in [-0.1, -0.05) is 25.8 Å².